The molecule has 2 aromatic rings. The number of hydrogen-bond acceptors (Lipinski definition) is 3. The fraction of sp³-hybridized carbons (Fsp3) is 0.526. The van der Waals surface area contributed by atoms with Gasteiger partial charge in [-0.1, -0.05) is 0 Å². The third-order valence-corrected chi connectivity index (χ3v) is 5.18. The minimum absolute atomic E-state index is 0.0627. The third kappa shape index (κ3) is 2.76. The molecule has 4 rings (SSSR count). The molecule has 1 atom stereocenters. The Kier molecular flexibility index (Phi) is 3.64. The van der Waals surface area contributed by atoms with Crippen LogP contribution in [0, 0.1) is 13.8 Å². The van der Waals surface area contributed by atoms with E-state index in [1.807, 2.05) is 12.1 Å². The zero-order chi connectivity index (χ0) is 16.0. The highest BCUT2D eigenvalue weighted by Crippen LogP contribution is 2.33. The molecule has 23 heavy (non-hydrogen) atoms. The Morgan fingerprint density at radius 1 is 1.13 bits per heavy atom. The van der Waals surface area contributed by atoms with Gasteiger partial charge in [0.15, 0.2) is 5.76 Å². The van der Waals surface area contributed by atoms with E-state index in [0.717, 1.165) is 49.7 Å². The van der Waals surface area contributed by atoms with E-state index in [0.29, 0.717) is 17.8 Å². The van der Waals surface area contributed by atoms with Gasteiger partial charge in [-0.15, -0.1) is 0 Å². The lowest BCUT2D eigenvalue weighted by Gasteiger charge is -2.34. The van der Waals surface area contributed by atoms with Gasteiger partial charge in [0.2, 0.25) is 0 Å². The molecular formula is C19H24N2O2. The van der Waals surface area contributed by atoms with Crippen LogP contribution in [0.4, 0.5) is 0 Å². The highest BCUT2D eigenvalue weighted by atomic mass is 16.3. The molecule has 1 aromatic carbocycles. The predicted molar refractivity (Wildman–Crippen MR) is 90.8 cm³/mol. The molecular weight excluding hydrogens is 288 g/mol. The molecule has 0 bridgehead atoms. The molecule has 1 aromatic heterocycles. The average Bonchev–Trinajstić information content (AvgIpc) is 3.29. The van der Waals surface area contributed by atoms with Crippen molar-refractivity contribution in [1.82, 2.24) is 10.2 Å². The third-order valence-electron chi connectivity index (χ3n) is 5.18. The molecule has 4 heteroatoms. The van der Waals surface area contributed by atoms with Crippen LogP contribution in [-0.4, -0.2) is 36.0 Å². The lowest BCUT2D eigenvalue weighted by atomic mass is 10.0. The van der Waals surface area contributed by atoms with Gasteiger partial charge >= 0.3 is 0 Å². The van der Waals surface area contributed by atoms with Crippen LogP contribution in [0.15, 0.2) is 22.6 Å². The maximum absolute atomic E-state index is 13.1. The number of piperidine rings is 1. The lowest BCUT2D eigenvalue weighted by Crippen LogP contribution is -2.49. The monoisotopic (exact) mass is 312 g/mol. The van der Waals surface area contributed by atoms with Crippen molar-refractivity contribution in [1.29, 1.82) is 0 Å². The maximum Gasteiger partial charge on any atom is 0.290 e. The number of carbonyl (C=O) groups is 1. The highest BCUT2D eigenvalue weighted by Gasteiger charge is 2.39. The van der Waals surface area contributed by atoms with Crippen LogP contribution >= 0.6 is 0 Å². The number of nitrogens with one attached hydrogen (secondary N) is 1. The van der Waals surface area contributed by atoms with Gasteiger partial charge in [0, 0.05) is 24.0 Å². The summed E-state index contributed by atoms with van der Waals surface area (Å²) in [4.78, 5) is 15.2. The van der Waals surface area contributed by atoms with Gasteiger partial charge in [-0.3, -0.25) is 4.79 Å². The number of fused-ring (bicyclic) bond motifs is 1. The molecule has 2 aliphatic rings. The van der Waals surface area contributed by atoms with Gasteiger partial charge < -0.3 is 14.6 Å². The summed E-state index contributed by atoms with van der Waals surface area (Å²) in [5.41, 5.74) is 3.24. The number of rotatable bonds is 3. The molecule has 122 valence electrons. The van der Waals surface area contributed by atoms with Gasteiger partial charge in [-0.05, 0) is 75.4 Å². The van der Waals surface area contributed by atoms with Crippen molar-refractivity contribution in [2.45, 2.75) is 51.6 Å². The second-order valence-electron chi connectivity index (χ2n) is 7.03. The van der Waals surface area contributed by atoms with Crippen molar-refractivity contribution < 1.29 is 9.21 Å². The van der Waals surface area contributed by atoms with Gasteiger partial charge in [0.05, 0.1) is 0 Å². The van der Waals surface area contributed by atoms with Crippen LogP contribution in [0.3, 0.4) is 0 Å². The summed E-state index contributed by atoms with van der Waals surface area (Å²) in [6.07, 6.45) is 4.48. The minimum atomic E-state index is 0.0627. The molecule has 1 aliphatic heterocycles. The van der Waals surface area contributed by atoms with E-state index in [1.165, 1.54) is 11.1 Å². The Morgan fingerprint density at radius 3 is 2.61 bits per heavy atom. The summed E-state index contributed by atoms with van der Waals surface area (Å²) >= 11 is 0. The Hall–Kier alpha value is -1.81. The van der Waals surface area contributed by atoms with Crippen LogP contribution in [0.25, 0.3) is 11.0 Å². The van der Waals surface area contributed by atoms with Crippen molar-refractivity contribution in [2.75, 3.05) is 13.1 Å². The van der Waals surface area contributed by atoms with E-state index in [-0.39, 0.29) is 5.91 Å². The van der Waals surface area contributed by atoms with Crippen LogP contribution in [0.1, 0.15) is 47.4 Å². The fourth-order valence-corrected chi connectivity index (χ4v) is 3.59. The molecule has 2 fully saturated rings. The molecule has 2 heterocycles. The van der Waals surface area contributed by atoms with Crippen molar-refractivity contribution in [2.24, 2.45) is 0 Å². The Morgan fingerprint density at radius 2 is 1.91 bits per heavy atom. The number of carbonyl (C=O) groups excluding carboxylic acids is 1. The van der Waals surface area contributed by atoms with Gasteiger partial charge in [-0.25, -0.2) is 0 Å². The SMILES string of the molecule is Cc1cc2cc(C(=O)N(C3CC3)C3CCCNC3)oc2cc1C. The highest BCUT2D eigenvalue weighted by molar-refractivity contribution is 5.97. The van der Waals surface area contributed by atoms with E-state index in [4.69, 9.17) is 4.42 Å². The number of nitrogens with zero attached hydrogens (tertiary/aromatic N) is 1. The normalized spacial score (nSPS) is 21.6. The summed E-state index contributed by atoms with van der Waals surface area (Å²) in [5, 5.41) is 4.44. The van der Waals surface area contributed by atoms with Crippen molar-refractivity contribution >= 4 is 16.9 Å². The summed E-state index contributed by atoms with van der Waals surface area (Å²) in [6.45, 7) is 6.13. The summed E-state index contributed by atoms with van der Waals surface area (Å²) in [7, 11) is 0. The van der Waals surface area contributed by atoms with Gasteiger partial charge in [-0.2, -0.15) is 0 Å². The first-order valence-corrected chi connectivity index (χ1v) is 8.67. The number of aryl methyl sites for hydroxylation is 2. The molecule has 1 saturated heterocycles. The largest absolute Gasteiger partial charge is 0.451 e. The predicted octanol–water partition coefficient (Wildman–Crippen LogP) is 3.41. The van der Waals surface area contributed by atoms with E-state index < -0.39 is 0 Å². The van der Waals surface area contributed by atoms with Crippen molar-refractivity contribution in [3.8, 4) is 0 Å². The van der Waals surface area contributed by atoms with Crippen molar-refractivity contribution in [3.05, 3.63) is 35.1 Å². The van der Waals surface area contributed by atoms with Crippen LogP contribution in [-0.2, 0) is 0 Å². The van der Waals surface area contributed by atoms with Crippen LogP contribution < -0.4 is 5.32 Å². The number of benzene rings is 1. The molecule has 0 radical (unpaired) electrons. The van der Waals surface area contributed by atoms with E-state index >= 15 is 0 Å². The van der Waals surface area contributed by atoms with Crippen molar-refractivity contribution in [3.63, 3.8) is 0 Å². The Bertz CT molecular complexity index is 700. The molecule has 1 saturated carbocycles. The Balaban J connectivity index is 1.66. The lowest BCUT2D eigenvalue weighted by molar-refractivity contribution is 0.0599. The quantitative estimate of drug-likeness (QED) is 0.944. The number of hydrogen-bond donors (Lipinski definition) is 1. The van der Waals surface area contributed by atoms with E-state index in [9.17, 15) is 4.79 Å². The first-order valence-electron chi connectivity index (χ1n) is 8.67. The van der Waals surface area contributed by atoms with Gasteiger partial charge in [0.1, 0.15) is 5.58 Å². The number of furan rings is 1. The summed E-state index contributed by atoms with van der Waals surface area (Å²) < 4.78 is 5.90. The molecule has 0 spiro atoms. The Labute approximate surface area is 136 Å². The zero-order valence-corrected chi connectivity index (χ0v) is 13.9. The summed E-state index contributed by atoms with van der Waals surface area (Å²) in [5.74, 6) is 0.551. The number of amides is 1. The fourth-order valence-electron chi connectivity index (χ4n) is 3.59. The standard InChI is InChI=1S/C19H24N2O2/c1-12-8-14-10-18(23-17(14)9-13(12)2)19(22)21(15-5-6-15)16-4-3-7-20-11-16/h8-10,15-16,20H,3-7,11H2,1-2H3. The minimum Gasteiger partial charge on any atom is -0.451 e. The first-order chi connectivity index (χ1) is 11.1. The van der Waals surface area contributed by atoms with Crippen LogP contribution in [0.5, 0.6) is 0 Å². The molecule has 1 amide bonds. The smallest absolute Gasteiger partial charge is 0.290 e. The summed E-state index contributed by atoms with van der Waals surface area (Å²) in [6, 6.07) is 6.76. The first kappa shape index (κ1) is 14.8. The maximum atomic E-state index is 13.1. The molecule has 4 nitrogen and oxygen atoms in total. The molecule has 1 aliphatic carbocycles. The second-order valence-corrected chi connectivity index (χ2v) is 7.03. The molecule has 1 unspecified atom stereocenters. The average molecular weight is 312 g/mol. The van der Waals surface area contributed by atoms with E-state index in [2.05, 4.69) is 30.1 Å². The van der Waals surface area contributed by atoms with E-state index in [1.54, 1.807) is 0 Å². The second kappa shape index (κ2) is 5.68. The van der Waals surface area contributed by atoms with Gasteiger partial charge in [0.25, 0.3) is 5.91 Å². The van der Waals surface area contributed by atoms with Crippen LogP contribution in [0.2, 0.25) is 0 Å². The zero-order valence-electron chi connectivity index (χ0n) is 13.9. The topological polar surface area (TPSA) is 45.5 Å². The molecule has 1 N–H and O–H groups in total.